The minimum Gasteiger partial charge on any atom is -0.507 e. The summed E-state index contributed by atoms with van der Waals surface area (Å²) in [5.41, 5.74) is 4.87. The van der Waals surface area contributed by atoms with Gasteiger partial charge in [-0.1, -0.05) is 42.5 Å². The van der Waals surface area contributed by atoms with Crippen LogP contribution < -0.4 is 4.90 Å². The number of aromatic hydroxyl groups is 1. The third kappa shape index (κ3) is 5.72. The Morgan fingerprint density at radius 3 is 2.28 bits per heavy atom. The fourth-order valence-corrected chi connectivity index (χ4v) is 5.46. The fourth-order valence-electron chi connectivity index (χ4n) is 4.79. The number of hydrogen-bond donors (Lipinski definition) is 2. The molecule has 1 fully saturated rings. The van der Waals surface area contributed by atoms with Crippen LogP contribution in [0, 0.1) is 5.82 Å². The molecule has 6 nitrogen and oxygen atoms in total. The highest BCUT2D eigenvalue weighted by molar-refractivity contribution is 7.90. The van der Waals surface area contributed by atoms with Gasteiger partial charge in [-0.2, -0.15) is 0 Å². The topological polar surface area (TPSA) is 94.9 Å². The molecular formula is C31H28FNO5S. The van der Waals surface area contributed by atoms with E-state index >= 15 is 0 Å². The lowest BCUT2D eigenvalue weighted by atomic mass is 9.91. The molecule has 1 heterocycles. The Kier molecular flexibility index (Phi) is 7.25. The Bertz CT molecular complexity index is 1650. The summed E-state index contributed by atoms with van der Waals surface area (Å²) < 4.78 is 37.3. The van der Waals surface area contributed by atoms with Crippen LogP contribution in [0.4, 0.5) is 10.1 Å². The maximum atomic E-state index is 13.3. The smallest absolute Gasteiger partial charge is 0.228 e. The number of aliphatic hydroxyl groups excluding tert-OH is 1. The number of rotatable bonds is 8. The molecule has 4 aromatic carbocycles. The van der Waals surface area contributed by atoms with Crippen LogP contribution in [0.25, 0.3) is 22.3 Å². The molecule has 0 unspecified atom stereocenters. The lowest BCUT2D eigenvalue weighted by molar-refractivity contribution is -0.122. The molecule has 0 aromatic heterocycles. The average molecular weight is 546 g/mol. The third-order valence-corrected chi connectivity index (χ3v) is 8.19. The molecule has 2 N–H and O–H groups in total. The molecule has 1 amide bonds. The van der Waals surface area contributed by atoms with Crippen LogP contribution in [0.15, 0.2) is 89.8 Å². The van der Waals surface area contributed by atoms with Gasteiger partial charge in [0.1, 0.15) is 11.6 Å². The minimum absolute atomic E-state index is 0.0189. The van der Waals surface area contributed by atoms with Gasteiger partial charge >= 0.3 is 0 Å². The molecular weight excluding hydrogens is 517 g/mol. The largest absolute Gasteiger partial charge is 0.507 e. The third-order valence-electron chi connectivity index (χ3n) is 7.08. The number of benzene rings is 4. The summed E-state index contributed by atoms with van der Waals surface area (Å²) in [5.74, 6) is -0.309. The highest BCUT2D eigenvalue weighted by atomic mass is 32.2. The van der Waals surface area contributed by atoms with E-state index in [0.717, 1.165) is 23.1 Å². The van der Waals surface area contributed by atoms with Crippen molar-refractivity contribution in [3.8, 4) is 28.0 Å². The van der Waals surface area contributed by atoms with Gasteiger partial charge in [-0.05, 0) is 83.1 Å². The SMILES string of the molecule is CS(=O)(=O)c1cccc(-c2ccc(-c3ccc(N4CCC4=O)cc3CC[C@H](O)c3ccc(F)cc3)c(O)c2)c1. The van der Waals surface area contributed by atoms with Gasteiger partial charge in [0.15, 0.2) is 9.84 Å². The first kappa shape index (κ1) is 26.6. The molecule has 0 radical (unpaired) electrons. The maximum absolute atomic E-state index is 13.3. The molecule has 1 aliphatic heterocycles. The van der Waals surface area contributed by atoms with Crippen LogP contribution in [-0.2, 0) is 21.1 Å². The van der Waals surface area contributed by atoms with Crippen LogP contribution in [-0.4, -0.2) is 37.3 Å². The molecule has 8 heteroatoms. The summed E-state index contributed by atoms with van der Waals surface area (Å²) in [7, 11) is -3.38. The van der Waals surface area contributed by atoms with Gasteiger partial charge in [0.2, 0.25) is 5.91 Å². The molecule has 0 aliphatic carbocycles. The Morgan fingerprint density at radius 1 is 0.923 bits per heavy atom. The van der Waals surface area contributed by atoms with Crippen molar-refractivity contribution < 1.29 is 27.8 Å². The van der Waals surface area contributed by atoms with E-state index in [4.69, 9.17) is 0 Å². The first-order chi connectivity index (χ1) is 18.6. The van der Waals surface area contributed by atoms with Gasteiger partial charge in [0, 0.05) is 30.5 Å². The summed E-state index contributed by atoms with van der Waals surface area (Å²) in [6, 6.07) is 23.1. The lowest BCUT2D eigenvalue weighted by Gasteiger charge is -2.31. The van der Waals surface area contributed by atoms with Crippen molar-refractivity contribution in [1.82, 2.24) is 0 Å². The van der Waals surface area contributed by atoms with E-state index < -0.39 is 15.9 Å². The van der Waals surface area contributed by atoms with E-state index in [1.165, 1.54) is 18.2 Å². The number of phenols is 1. The van der Waals surface area contributed by atoms with Gasteiger partial charge in [0.25, 0.3) is 0 Å². The second-order valence-corrected chi connectivity index (χ2v) is 11.8. The average Bonchev–Trinajstić information content (AvgIpc) is 2.91. The van der Waals surface area contributed by atoms with Gasteiger partial charge in [0.05, 0.1) is 11.0 Å². The summed E-state index contributed by atoms with van der Waals surface area (Å²) in [6.45, 7) is 0.641. The minimum atomic E-state index is -3.38. The number of amides is 1. The van der Waals surface area contributed by atoms with Gasteiger partial charge < -0.3 is 15.1 Å². The second kappa shape index (κ2) is 10.6. The van der Waals surface area contributed by atoms with Crippen LogP contribution in [0.2, 0.25) is 0 Å². The Morgan fingerprint density at radius 2 is 1.64 bits per heavy atom. The predicted octanol–water partition coefficient (Wildman–Crippen LogP) is 5.67. The zero-order chi connectivity index (χ0) is 27.7. The van der Waals surface area contributed by atoms with Crippen molar-refractivity contribution in [3.63, 3.8) is 0 Å². The van der Waals surface area contributed by atoms with E-state index in [-0.39, 0.29) is 22.4 Å². The Labute approximate surface area is 226 Å². The number of β-lactam (4-membered cyclic amide) rings is 1. The molecule has 1 aliphatic rings. The number of anilines is 1. The van der Waals surface area contributed by atoms with E-state index in [9.17, 15) is 27.8 Å². The molecule has 0 saturated carbocycles. The molecule has 1 saturated heterocycles. The predicted molar refractivity (Wildman–Crippen MR) is 149 cm³/mol. The van der Waals surface area contributed by atoms with E-state index in [0.29, 0.717) is 48.1 Å². The van der Waals surface area contributed by atoms with E-state index in [2.05, 4.69) is 0 Å². The van der Waals surface area contributed by atoms with Crippen LogP contribution >= 0.6 is 0 Å². The number of aryl methyl sites for hydroxylation is 1. The van der Waals surface area contributed by atoms with Crippen LogP contribution in [0.3, 0.4) is 0 Å². The molecule has 0 bridgehead atoms. The van der Waals surface area contributed by atoms with Gasteiger partial charge in [-0.25, -0.2) is 12.8 Å². The maximum Gasteiger partial charge on any atom is 0.228 e. The number of halogens is 1. The van der Waals surface area contributed by atoms with Gasteiger partial charge in [-0.15, -0.1) is 0 Å². The number of nitrogens with zero attached hydrogens (tertiary/aromatic N) is 1. The van der Waals surface area contributed by atoms with Crippen molar-refractivity contribution in [3.05, 3.63) is 102 Å². The van der Waals surface area contributed by atoms with Crippen LogP contribution in [0.1, 0.15) is 30.1 Å². The summed E-state index contributed by atoms with van der Waals surface area (Å²) in [4.78, 5) is 14.0. The monoisotopic (exact) mass is 545 g/mol. The molecule has 0 spiro atoms. The van der Waals surface area contributed by atoms with Crippen LogP contribution in [0.5, 0.6) is 5.75 Å². The fraction of sp³-hybridized carbons (Fsp3) is 0.194. The number of carbonyl (C=O) groups is 1. The summed E-state index contributed by atoms with van der Waals surface area (Å²) >= 11 is 0. The number of carbonyl (C=O) groups excluding carboxylic acids is 1. The van der Waals surface area contributed by atoms with Gasteiger partial charge in [-0.3, -0.25) is 4.79 Å². The molecule has 200 valence electrons. The standard InChI is InChI=1S/C31H28FNO5S/c1-39(37,38)26-4-2-3-21(18-26)22-7-12-28(30(35)19-22)27-13-11-25(33-16-15-31(33)36)17-23(27)8-14-29(34)20-5-9-24(32)10-6-20/h2-7,9-13,17-19,29,34-35H,8,14-16H2,1H3/t29-/m0/s1. The Hall–Kier alpha value is -4.01. The van der Waals surface area contributed by atoms with Crippen molar-refractivity contribution >= 4 is 21.4 Å². The zero-order valence-electron chi connectivity index (χ0n) is 21.3. The second-order valence-electron chi connectivity index (χ2n) is 9.77. The Balaban J connectivity index is 1.48. The molecule has 1 atom stereocenters. The first-order valence-electron chi connectivity index (χ1n) is 12.6. The van der Waals surface area contributed by atoms with E-state index in [1.807, 2.05) is 24.3 Å². The van der Waals surface area contributed by atoms with Crippen molar-refractivity contribution in [2.24, 2.45) is 0 Å². The highest BCUT2D eigenvalue weighted by Gasteiger charge is 2.26. The molecule has 39 heavy (non-hydrogen) atoms. The molecule has 5 rings (SSSR count). The highest BCUT2D eigenvalue weighted by Crippen LogP contribution is 2.38. The first-order valence-corrected chi connectivity index (χ1v) is 14.5. The summed E-state index contributed by atoms with van der Waals surface area (Å²) in [5, 5.41) is 21.8. The lowest BCUT2D eigenvalue weighted by Crippen LogP contribution is -2.43. The van der Waals surface area contributed by atoms with Crippen molar-refractivity contribution in [1.29, 1.82) is 0 Å². The zero-order valence-corrected chi connectivity index (χ0v) is 22.2. The quantitative estimate of drug-likeness (QED) is 0.278. The van der Waals surface area contributed by atoms with E-state index in [1.54, 1.807) is 47.4 Å². The number of hydrogen-bond acceptors (Lipinski definition) is 5. The molecule has 4 aromatic rings. The normalized spacial score (nSPS) is 14.2. The van der Waals surface area contributed by atoms with Crippen molar-refractivity contribution in [2.75, 3.05) is 17.7 Å². The number of sulfone groups is 1. The van der Waals surface area contributed by atoms with Crippen molar-refractivity contribution in [2.45, 2.75) is 30.3 Å². The summed E-state index contributed by atoms with van der Waals surface area (Å²) in [6.07, 6.45) is 1.64. The number of aliphatic hydroxyl groups is 1. The number of phenolic OH excluding ortho intramolecular Hbond substituents is 1.